The number of likely N-dealkylation sites (N-methyl/N-ethyl adjacent to an activating group) is 1. The third kappa shape index (κ3) is 4.27. The van der Waals surface area contributed by atoms with Crippen LogP contribution < -0.4 is 0 Å². The second-order valence-corrected chi connectivity index (χ2v) is 5.15. The van der Waals surface area contributed by atoms with Gasteiger partial charge in [-0.3, -0.25) is 9.69 Å². The van der Waals surface area contributed by atoms with Gasteiger partial charge in [-0.2, -0.15) is 0 Å². The monoisotopic (exact) mass is 347 g/mol. The lowest BCUT2D eigenvalue weighted by Crippen LogP contribution is -2.42. The lowest BCUT2D eigenvalue weighted by atomic mass is 10.0. The molecule has 17 heavy (non-hydrogen) atoms. The molecule has 1 rings (SSSR count). The molecule has 1 unspecified atom stereocenters. The standard InChI is InChI=1S/C13H18INO2/c1-3-15(4-2)12(13(16)17)9-10-5-7-11(14)8-6-10/h5-8,12H,3-4,9H2,1-2H3,(H,16,17). The summed E-state index contributed by atoms with van der Waals surface area (Å²) in [6.45, 7) is 5.51. The number of rotatable bonds is 6. The SMILES string of the molecule is CCN(CC)C(Cc1ccc(I)cc1)C(=O)O. The van der Waals surface area contributed by atoms with Crippen LogP contribution in [0.3, 0.4) is 0 Å². The summed E-state index contributed by atoms with van der Waals surface area (Å²) < 4.78 is 1.17. The molecule has 0 fully saturated rings. The topological polar surface area (TPSA) is 40.5 Å². The molecular formula is C13H18INO2. The van der Waals surface area contributed by atoms with Gasteiger partial charge in [0, 0.05) is 3.57 Å². The molecule has 1 aromatic rings. The summed E-state index contributed by atoms with van der Waals surface area (Å²) in [6, 6.07) is 7.60. The van der Waals surface area contributed by atoms with Crippen molar-refractivity contribution >= 4 is 28.6 Å². The van der Waals surface area contributed by atoms with Crippen molar-refractivity contribution in [3.63, 3.8) is 0 Å². The van der Waals surface area contributed by atoms with Gasteiger partial charge in [-0.1, -0.05) is 26.0 Å². The molecule has 0 aromatic heterocycles. The van der Waals surface area contributed by atoms with Crippen molar-refractivity contribution in [2.24, 2.45) is 0 Å². The molecule has 0 aliphatic rings. The van der Waals surface area contributed by atoms with Crippen LogP contribution in [0.2, 0.25) is 0 Å². The number of carboxylic acid groups (broad SMARTS) is 1. The molecular weight excluding hydrogens is 329 g/mol. The molecule has 4 heteroatoms. The fraction of sp³-hybridized carbons (Fsp3) is 0.462. The molecule has 0 heterocycles. The Morgan fingerprint density at radius 1 is 1.29 bits per heavy atom. The second-order valence-electron chi connectivity index (χ2n) is 3.91. The summed E-state index contributed by atoms with van der Waals surface area (Å²) in [4.78, 5) is 13.3. The number of hydrogen-bond acceptors (Lipinski definition) is 2. The van der Waals surface area contributed by atoms with E-state index in [0.29, 0.717) is 6.42 Å². The molecule has 0 aliphatic heterocycles. The van der Waals surface area contributed by atoms with Crippen molar-refractivity contribution < 1.29 is 9.90 Å². The Kier molecular flexibility index (Phi) is 5.91. The van der Waals surface area contributed by atoms with Crippen LogP contribution in [0.1, 0.15) is 19.4 Å². The zero-order chi connectivity index (χ0) is 12.8. The Morgan fingerprint density at radius 3 is 2.24 bits per heavy atom. The highest BCUT2D eigenvalue weighted by molar-refractivity contribution is 14.1. The minimum absolute atomic E-state index is 0.426. The lowest BCUT2D eigenvalue weighted by molar-refractivity contribution is -0.143. The van der Waals surface area contributed by atoms with Gasteiger partial charge in [0.1, 0.15) is 6.04 Å². The first kappa shape index (κ1) is 14.4. The van der Waals surface area contributed by atoms with Gasteiger partial charge in [0.05, 0.1) is 0 Å². The zero-order valence-electron chi connectivity index (χ0n) is 10.2. The fourth-order valence-electron chi connectivity index (χ4n) is 1.88. The van der Waals surface area contributed by atoms with Gasteiger partial charge in [-0.25, -0.2) is 0 Å². The molecule has 0 bridgehead atoms. The van der Waals surface area contributed by atoms with Crippen LogP contribution in [-0.4, -0.2) is 35.1 Å². The van der Waals surface area contributed by atoms with Crippen LogP contribution in [0.25, 0.3) is 0 Å². The van der Waals surface area contributed by atoms with Crippen molar-refractivity contribution in [3.05, 3.63) is 33.4 Å². The predicted octanol–water partition coefficient (Wildman–Crippen LogP) is 2.63. The lowest BCUT2D eigenvalue weighted by Gasteiger charge is -2.26. The van der Waals surface area contributed by atoms with Crippen LogP contribution in [0.15, 0.2) is 24.3 Å². The van der Waals surface area contributed by atoms with E-state index in [1.807, 2.05) is 43.0 Å². The van der Waals surface area contributed by atoms with Crippen molar-refractivity contribution in [1.82, 2.24) is 4.90 Å². The maximum Gasteiger partial charge on any atom is 0.321 e. The zero-order valence-corrected chi connectivity index (χ0v) is 12.3. The van der Waals surface area contributed by atoms with Crippen LogP contribution in [0.4, 0.5) is 0 Å². The van der Waals surface area contributed by atoms with Crippen molar-refractivity contribution in [1.29, 1.82) is 0 Å². The van der Waals surface area contributed by atoms with Crippen LogP contribution >= 0.6 is 22.6 Å². The normalized spacial score (nSPS) is 12.7. The third-order valence-electron chi connectivity index (χ3n) is 2.88. The number of nitrogens with zero attached hydrogens (tertiary/aromatic N) is 1. The van der Waals surface area contributed by atoms with Gasteiger partial charge >= 0.3 is 5.97 Å². The average molecular weight is 347 g/mol. The van der Waals surface area contributed by atoms with E-state index in [2.05, 4.69) is 22.6 Å². The first-order valence-electron chi connectivity index (χ1n) is 5.79. The Labute approximate surface area is 116 Å². The maximum absolute atomic E-state index is 11.3. The molecule has 0 saturated carbocycles. The summed E-state index contributed by atoms with van der Waals surface area (Å²) in [5.41, 5.74) is 1.07. The van der Waals surface area contributed by atoms with Crippen molar-refractivity contribution in [2.45, 2.75) is 26.3 Å². The van der Waals surface area contributed by atoms with E-state index in [1.165, 1.54) is 3.57 Å². The molecule has 0 spiro atoms. The largest absolute Gasteiger partial charge is 0.480 e. The number of benzene rings is 1. The van der Waals surface area contributed by atoms with Gasteiger partial charge in [0.25, 0.3) is 0 Å². The van der Waals surface area contributed by atoms with Gasteiger partial charge in [-0.05, 0) is 59.8 Å². The fourth-order valence-corrected chi connectivity index (χ4v) is 2.24. The van der Waals surface area contributed by atoms with E-state index in [4.69, 9.17) is 0 Å². The van der Waals surface area contributed by atoms with Crippen molar-refractivity contribution in [2.75, 3.05) is 13.1 Å². The first-order valence-corrected chi connectivity index (χ1v) is 6.87. The van der Waals surface area contributed by atoms with E-state index in [1.54, 1.807) is 0 Å². The molecule has 0 radical (unpaired) electrons. The van der Waals surface area contributed by atoms with Gasteiger partial charge < -0.3 is 5.11 Å². The highest BCUT2D eigenvalue weighted by Crippen LogP contribution is 2.12. The van der Waals surface area contributed by atoms with Crippen LogP contribution in [-0.2, 0) is 11.2 Å². The quantitative estimate of drug-likeness (QED) is 0.805. The summed E-state index contributed by atoms with van der Waals surface area (Å²) in [5, 5.41) is 9.28. The predicted molar refractivity (Wildman–Crippen MR) is 77.2 cm³/mol. The maximum atomic E-state index is 11.3. The molecule has 1 aromatic carbocycles. The highest BCUT2D eigenvalue weighted by Gasteiger charge is 2.23. The second kappa shape index (κ2) is 6.96. The summed E-state index contributed by atoms with van der Waals surface area (Å²) >= 11 is 2.24. The molecule has 0 amide bonds. The number of aliphatic carboxylic acids is 1. The van der Waals surface area contributed by atoms with Crippen LogP contribution in [0, 0.1) is 3.57 Å². The number of halogens is 1. The Morgan fingerprint density at radius 2 is 1.82 bits per heavy atom. The Bertz CT molecular complexity index is 360. The number of carbonyl (C=O) groups is 1. The van der Waals surface area contributed by atoms with E-state index in [9.17, 15) is 9.90 Å². The molecule has 1 atom stereocenters. The first-order chi connectivity index (χ1) is 8.08. The Hall–Kier alpha value is -0.620. The van der Waals surface area contributed by atoms with E-state index >= 15 is 0 Å². The summed E-state index contributed by atoms with van der Waals surface area (Å²) in [6.07, 6.45) is 0.563. The van der Waals surface area contributed by atoms with Gasteiger partial charge in [0.2, 0.25) is 0 Å². The summed E-state index contributed by atoms with van der Waals surface area (Å²) in [5.74, 6) is -0.743. The smallest absolute Gasteiger partial charge is 0.321 e. The number of carboxylic acids is 1. The van der Waals surface area contributed by atoms with E-state index < -0.39 is 12.0 Å². The van der Waals surface area contributed by atoms with E-state index in [-0.39, 0.29) is 0 Å². The molecule has 0 saturated heterocycles. The number of hydrogen-bond donors (Lipinski definition) is 1. The highest BCUT2D eigenvalue weighted by atomic mass is 127. The molecule has 1 N–H and O–H groups in total. The molecule has 0 aliphatic carbocycles. The van der Waals surface area contributed by atoms with Crippen molar-refractivity contribution in [3.8, 4) is 0 Å². The molecule has 94 valence electrons. The summed E-state index contributed by atoms with van der Waals surface area (Å²) in [7, 11) is 0. The molecule has 3 nitrogen and oxygen atoms in total. The minimum Gasteiger partial charge on any atom is -0.480 e. The van der Waals surface area contributed by atoms with E-state index in [0.717, 1.165) is 18.7 Å². The minimum atomic E-state index is -0.743. The van der Waals surface area contributed by atoms with Gasteiger partial charge in [-0.15, -0.1) is 0 Å². The van der Waals surface area contributed by atoms with Gasteiger partial charge in [0.15, 0.2) is 0 Å². The Balaban J connectivity index is 2.79. The third-order valence-corrected chi connectivity index (χ3v) is 3.60. The average Bonchev–Trinajstić information content (AvgIpc) is 2.31. The van der Waals surface area contributed by atoms with Crippen LogP contribution in [0.5, 0.6) is 0 Å².